The molecule has 0 bridgehead atoms. The molecule has 0 saturated carbocycles. The quantitative estimate of drug-likeness (QED) is 0.724. The zero-order valence-corrected chi connectivity index (χ0v) is 12.7. The smallest absolute Gasteiger partial charge is 0.209 e. The molecular weight excluding hydrogens is 291 g/mol. The molecule has 2 heterocycles. The molecule has 0 fully saturated rings. The molecule has 3 nitrogen and oxygen atoms in total. The van der Waals surface area contributed by atoms with Crippen LogP contribution in [0.4, 0.5) is 4.39 Å². The van der Waals surface area contributed by atoms with Crippen molar-refractivity contribution in [2.24, 2.45) is 0 Å². The van der Waals surface area contributed by atoms with Crippen molar-refractivity contribution in [2.45, 2.75) is 13.0 Å². The van der Waals surface area contributed by atoms with E-state index in [0.29, 0.717) is 12.1 Å². The lowest BCUT2D eigenvalue weighted by Gasteiger charge is -2.25. The average molecular weight is 308 g/mol. The van der Waals surface area contributed by atoms with Gasteiger partial charge in [-0.2, -0.15) is 0 Å². The summed E-state index contributed by atoms with van der Waals surface area (Å²) in [5.74, 6) is 0.583. The van der Waals surface area contributed by atoms with Gasteiger partial charge in [0.2, 0.25) is 5.89 Å². The van der Waals surface area contributed by atoms with Crippen molar-refractivity contribution in [1.82, 2.24) is 9.88 Å². The fourth-order valence-corrected chi connectivity index (χ4v) is 3.00. The largest absolute Gasteiger partial charge is 0.439 e. The van der Waals surface area contributed by atoms with Gasteiger partial charge in [0, 0.05) is 18.7 Å². The summed E-state index contributed by atoms with van der Waals surface area (Å²) in [6, 6.07) is 14.7. The number of oxazole rings is 1. The highest BCUT2D eigenvalue weighted by Gasteiger charge is 2.17. The van der Waals surface area contributed by atoms with E-state index in [9.17, 15) is 4.39 Å². The van der Waals surface area contributed by atoms with Gasteiger partial charge in [-0.3, -0.25) is 4.90 Å². The van der Waals surface area contributed by atoms with E-state index in [1.165, 1.54) is 6.07 Å². The molecule has 0 N–H and O–H groups in total. The molecule has 4 rings (SSSR count). The Labute approximate surface area is 134 Å². The van der Waals surface area contributed by atoms with Gasteiger partial charge in [-0.15, -0.1) is 0 Å². The van der Waals surface area contributed by atoms with Gasteiger partial charge < -0.3 is 4.42 Å². The number of aromatic nitrogens is 1. The molecule has 1 aliphatic rings. The first-order valence-electron chi connectivity index (χ1n) is 7.80. The SMILES string of the molecule is Fc1ccccc1C1=CCN(Cc2nc3ccccc3o2)CC1. The molecule has 1 aliphatic heterocycles. The van der Waals surface area contributed by atoms with Gasteiger partial charge in [0.25, 0.3) is 0 Å². The molecule has 2 aromatic carbocycles. The molecule has 0 amide bonds. The maximum Gasteiger partial charge on any atom is 0.209 e. The molecule has 0 aliphatic carbocycles. The van der Waals surface area contributed by atoms with E-state index >= 15 is 0 Å². The van der Waals surface area contributed by atoms with Gasteiger partial charge >= 0.3 is 0 Å². The van der Waals surface area contributed by atoms with E-state index in [1.807, 2.05) is 36.4 Å². The van der Waals surface area contributed by atoms with Gasteiger partial charge in [-0.25, -0.2) is 9.37 Å². The predicted octanol–water partition coefficient (Wildman–Crippen LogP) is 4.26. The molecule has 3 aromatic rings. The first-order valence-corrected chi connectivity index (χ1v) is 7.80. The number of halogens is 1. The summed E-state index contributed by atoms with van der Waals surface area (Å²) < 4.78 is 19.6. The second kappa shape index (κ2) is 5.97. The van der Waals surface area contributed by atoms with Crippen LogP contribution in [0.25, 0.3) is 16.7 Å². The second-order valence-electron chi connectivity index (χ2n) is 5.77. The monoisotopic (exact) mass is 308 g/mol. The fourth-order valence-electron chi connectivity index (χ4n) is 3.00. The normalized spacial score (nSPS) is 15.8. The van der Waals surface area contributed by atoms with Crippen LogP contribution in [0.1, 0.15) is 17.9 Å². The van der Waals surface area contributed by atoms with E-state index in [1.54, 1.807) is 6.07 Å². The van der Waals surface area contributed by atoms with E-state index in [4.69, 9.17) is 4.42 Å². The minimum atomic E-state index is -0.147. The van der Waals surface area contributed by atoms with Gasteiger partial charge in [0.05, 0.1) is 6.54 Å². The molecular formula is C19H17FN2O. The third kappa shape index (κ3) is 2.90. The Morgan fingerprint density at radius 1 is 1.09 bits per heavy atom. The van der Waals surface area contributed by atoms with E-state index in [-0.39, 0.29) is 5.82 Å². The number of rotatable bonds is 3. The number of benzene rings is 2. The maximum absolute atomic E-state index is 13.9. The Morgan fingerprint density at radius 2 is 1.91 bits per heavy atom. The van der Waals surface area contributed by atoms with Crippen molar-refractivity contribution in [1.29, 1.82) is 0 Å². The summed E-state index contributed by atoms with van der Waals surface area (Å²) in [6.45, 7) is 2.33. The molecule has 0 spiro atoms. The standard InChI is InChI=1S/C19H17FN2O/c20-16-6-2-1-5-15(16)14-9-11-22(12-10-14)13-19-21-17-7-3-4-8-18(17)23-19/h1-9H,10-13H2. The van der Waals surface area contributed by atoms with Crippen molar-refractivity contribution in [3.05, 3.63) is 71.9 Å². The van der Waals surface area contributed by atoms with Crippen LogP contribution in [-0.2, 0) is 6.54 Å². The highest BCUT2D eigenvalue weighted by atomic mass is 19.1. The summed E-state index contributed by atoms with van der Waals surface area (Å²) in [5.41, 5.74) is 3.51. The second-order valence-corrected chi connectivity index (χ2v) is 5.77. The summed E-state index contributed by atoms with van der Waals surface area (Å²) in [7, 11) is 0. The fraction of sp³-hybridized carbons (Fsp3) is 0.211. The highest BCUT2D eigenvalue weighted by molar-refractivity contribution is 5.72. The molecule has 0 atom stereocenters. The van der Waals surface area contributed by atoms with Crippen LogP contribution >= 0.6 is 0 Å². The van der Waals surface area contributed by atoms with Crippen LogP contribution in [0, 0.1) is 5.82 Å². The zero-order valence-electron chi connectivity index (χ0n) is 12.7. The van der Waals surface area contributed by atoms with Gasteiger partial charge in [0.15, 0.2) is 5.58 Å². The number of nitrogens with zero attached hydrogens (tertiary/aromatic N) is 2. The Hall–Kier alpha value is -2.46. The summed E-state index contributed by atoms with van der Waals surface area (Å²) >= 11 is 0. The molecule has 0 radical (unpaired) electrons. The number of fused-ring (bicyclic) bond motifs is 1. The van der Waals surface area contributed by atoms with Crippen LogP contribution in [0.2, 0.25) is 0 Å². The minimum absolute atomic E-state index is 0.147. The molecule has 23 heavy (non-hydrogen) atoms. The van der Waals surface area contributed by atoms with Crippen molar-refractivity contribution >= 4 is 16.7 Å². The lowest BCUT2D eigenvalue weighted by molar-refractivity contribution is 0.265. The lowest BCUT2D eigenvalue weighted by atomic mass is 9.99. The topological polar surface area (TPSA) is 29.3 Å². The lowest BCUT2D eigenvalue weighted by Crippen LogP contribution is -2.28. The first-order chi connectivity index (χ1) is 11.3. The Balaban J connectivity index is 1.48. The third-order valence-electron chi connectivity index (χ3n) is 4.21. The van der Waals surface area contributed by atoms with Crippen LogP contribution in [0.5, 0.6) is 0 Å². The van der Waals surface area contributed by atoms with Crippen molar-refractivity contribution in [2.75, 3.05) is 13.1 Å². The number of hydrogen-bond donors (Lipinski definition) is 0. The predicted molar refractivity (Wildman–Crippen MR) is 88.3 cm³/mol. The van der Waals surface area contributed by atoms with Crippen molar-refractivity contribution in [3.8, 4) is 0 Å². The van der Waals surface area contributed by atoms with Crippen LogP contribution in [0.3, 0.4) is 0 Å². The Morgan fingerprint density at radius 3 is 2.70 bits per heavy atom. The summed E-state index contributed by atoms with van der Waals surface area (Å²) in [5, 5.41) is 0. The van der Waals surface area contributed by atoms with Crippen molar-refractivity contribution < 1.29 is 8.81 Å². The molecule has 0 saturated heterocycles. The highest BCUT2D eigenvalue weighted by Crippen LogP contribution is 2.25. The number of para-hydroxylation sites is 2. The molecule has 0 unspecified atom stereocenters. The zero-order chi connectivity index (χ0) is 15.6. The molecule has 1 aromatic heterocycles. The van der Waals surface area contributed by atoms with Crippen LogP contribution in [-0.4, -0.2) is 23.0 Å². The van der Waals surface area contributed by atoms with Crippen LogP contribution in [0.15, 0.2) is 59.0 Å². The third-order valence-corrected chi connectivity index (χ3v) is 4.21. The average Bonchev–Trinajstić information content (AvgIpc) is 2.98. The van der Waals surface area contributed by atoms with E-state index in [0.717, 1.165) is 42.1 Å². The summed E-state index contributed by atoms with van der Waals surface area (Å²) in [4.78, 5) is 6.77. The van der Waals surface area contributed by atoms with E-state index in [2.05, 4.69) is 16.0 Å². The van der Waals surface area contributed by atoms with Gasteiger partial charge in [-0.05, 0) is 30.2 Å². The summed E-state index contributed by atoms with van der Waals surface area (Å²) in [6.07, 6.45) is 2.94. The Kier molecular flexibility index (Phi) is 3.67. The number of hydrogen-bond acceptors (Lipinski definition) is 3. The van der Waals surface area contributed by atoms with Gasteiger partial charge in [-0.1, -0.05) is 36.4 Å². The molecule has 4 heteroatoms. The maximum atomic E-state index is 13.9. The van der Waals surface area contributed by atoms with E-state index < -0.39 is 0 Å². The van der Waals surface area contributed by atoms with Crippen LogP contribution < -0.4 is 0 Å². The Bertz CT molecular complexity index is 835. The van der Waals surface area contributed by atoms with Gasteiger partial charge in [0.1, 0.15) is 11.3 Å². The molecule has 116 valence electrons. The minimum Gasteiger partial charge on any atom is -0.439 e. The first kappa shape index (κ1) is 14.2. The van der Waals surface area contributed by atoms with Crippen molar-refractivity contribution in [3.63, 3.8) is 0 Å².